The van der Waals surface area contributed by atoms with Crippen molar-refractivity contribution in [1.82, 2.24) is 20.2 Å². The second kappa shape index (κ2) is 10.2. The van der Waals surface area contributed by atoms with E-state index >= 15 is 0 Å². The maximum atomic E-state index is 5.58. The normalized spacial score (nSPS) is 13.9. The monoisotopic (exact) mass is 411 g/mol. The molecule has 0 radical (unpaired) electrons. The molecule has 1 unspecified atom stereocenters. The highest BCUT2D eigenvalue weighted by molar-refractivity contribution is 5.75. The number of hydrogen-bond donors (Lipinski definition) is 3. The molecule has 162 valence electrons. The molecular weight excluding hydrogens is 378 g/mol. The lowest BCUT2D eigenvalue weighted by atomic mass is 9.71. The van der Waals surface area contributed by atoms with Gasteiger partial charge in [-0.1, -0.05) is 44.7 Å². The van der Waals surface area contributed by atoms with Crippen molar-refractivity contribution in [1.29, 1.82) is 0 Å². The van der Waals surface area contributed by atoms with Crippen LogP contribution in [0.25, 0.3) is 11.1 Å². The molecule has 1 atom stereocenters. The summed E-state index contributed by atoms with van der Waals surface area (Å²) in [6.07, 6.45) is 3.43. The molecule has 8 heteroatoms. The maximum Gasteiger partial charge on any atom is 0.308 e. The van der Waals surface area contributed by atoms with Crippen molar-refractivity contribution in [3.05, 3.63) is 54.5 Å². The predicted octanol–water partition coefficient (Wildman–Crippen LogP) is 2.55. The van der Waals surface area contributed by atoms with Crippen LogP contribution in [0.15, 0.2) is 53.9 Å². The first-order chi connectivity index (χ1) is 14.2. The van der Waals surface area contributed by atoms with Gasteiger partial charge in [-0.25, -0.2) is 15.0 Å². The summed E-state index contributed by atoms with van der Waals surface area (Å²) in [6, 6.07) is 8.52. The van der Waals surface area contributed by atoms with E-state index < -0.39 is 0 Å². The molecule has 1 heterocycles. The quantitative estimate of drug-likeness (QED) is 0.347. The van der Waals surface area contributed by atoms with Gasteiger partial charge in [-0.05, 0) is 38.1 Å². The number of benzene rings is 1. The van der Waals surface area contributed by atoms with E-state index in [1.54, 1.807) is 12.4 Å². The van der Waals surface area contributed by atoms with E-state index in [1.165, 1.54) is 0 Å². The van der Waals surface area contributed by atoms with Crippen molar-refractivity contribution >= 4 is 12.0 Å². The Labute approximate surface area is 179 Å². The number of amidine groups is 1. The molecule has 0 saturated heterocycles. The number of hydrogen-bond acceptors (Lipinski definition) is 7. The molecule has 0 bridgehead atoms. The molecule has 0 spiro atoms. The van der Waals surface area contributed by atoms with Gasteiger partial charge in [0, 0.05) is 35.6 Å². The number of allylic oxidation sites excluding steroid dienone is 1. The maximum absolute atomic E-state index is 5.58. The van der Waals surface area contributed by atoms with Crippen LogP contribution in [0.2, 0.25) is 0 Å². The first-order valence-electron chi connectivity index (χ1n) is 9.89. The first-order valence-corrected chi connectivity index (χ1v) is 9.89. The summed E-state index contributed by atoms with van der Waals surface area (Å²) in [5, 5.41) is 3.17. The van der Waals surface area contributed by atoms with Crippen molar-refractivity contribution in [3.63, 3.8) is 0 Å². The van der Waals surface area contributed by atoms with Gasteiger partial charge in [0.25, 0.3) is 0 Å². The Morgan fingerprint density at radius 2 is 1.80 bits per heavy atom. The standard InChI is InChI=1S/C22H33N7O/c1-15(2)22(4,16(3)28-21(30-24)25-11-12-29(5)6)19-9-7-17(8-10-19)18-13-26-20(23)27-14-18/h7-10,13-15H,3,11-12,24H2,1-2,4-6H3,(H,25,28)(H2,23,26,27). The smallest absolute Gasteiger partial charge is 0.308 e. The Kier molecular flexibility index (Phi) is 7.91. The van der Waals surface area contributed by atoms with E-state index in [1.807, 2.05) is 31.1 Å². The van der Waals surface area contributed by atoms with Crippen LogP contribution in [0.3, 0.4) is 0 Å². The predicted molar refractivity (Wildman–Crippen MR) is 122 cm³/mol. The lowest BCUT2D eigenvalue weighted by molar-refractivity contribution is 0.296. The summed E-state index contributed by atoms with van der Waals surface area (Å²) >= 11 is 0. The van der Waals surface area contributed by atoms with Crippen LogP contribution >= 0.6 is 0 Å². The van der Waals surface area contributed by atoms with Crippen LogP contribution < -0.4 is 16.9 Å². The fourth-order valence-electron chi connectivity index (χ4n) is 3.07. The third-order valence-corrected chi connectivity index (χ3v) is 5.44. The van der Waals surface area contributed by atoms with Gasteiger partial charge >= 0.3 is 6.02 Å². The second-order valence-electron chi connectivity index (χ2n) is 7.98. The third-order valence-electron chi connectivity index (χ3n) is 5.44. The zero-order valence-corrected chi connectivity index (χ0v) is 18.5. The minimum Gasteiger partial charge on any atom is -0.373 e. The van der Waals surface area contributed by atoms with E-state index in [0.717, 1.165) is 28.9 Å². The van der Waals surface area contributed by atoms with Crippen LogP contribution in [-0.4, -0.2) is 48.1 Å². The Morgan fingerprint density at radius 1 is 1.20 bits per heavy atom. The molecule has 0 amide bonds. The molecule has 30 heavy (non-hydrogen) atoms. The molecule has 1 aromatic heterocycles. The van der Waals surface area contributed by atoms with Crippen LogP contribution in [0.1, 0.15) is 26.3 Å². The summed E-state index contributed by atoms with van der Waals surface area (Å²) in [7, 11) is 3.97. The highest BCUT2D eigenvalue weighted by Gasteiger charge is 2.34. The Balaban J connectivity index is 2.25. The Hall–Kier alpha value is -2.97. The molecule has 0 fully saturated rings. The van der Waals surface area contributed by atoms with Crippen LogP contribution in [0.5, 0.6) is 0 Å². The number of aromatic nitrogens is 2. The van der Waals surface area contributed by atoms with Crippen LogP contribution in [-0.2, 0) is 10.3 Å². The van der Waals surface area contributed by atoms with E-state index in [2.05, 4.69) is 59.8 Å². The second-order valence-corrected chi connectivity index (χ2v) is 7.98. The number of anilines is 1. The van der Waals surface area contributed by atoms with Gasteiger partial charge in [0.2, 0.25) is 5.95 Å². The van der Waals surface area contributed by atoms with E-state index in [4.69, 9.17) is 16.5 Å². The van der Waals surface area contributed by atoms with Gasteiger partial charge in [0.15, 0.2) is 0 Å². The van der Waals surface area contributed by atoms with E-state index in [0.29, 0.717) is 6.54 Å². The fraction of sp³-hybridized carbons (Fsp3) is 0.409. The summed E-state index contributed by atoms with van der Waals surface area (Å²) in [6.45, 7) is 12.1. The molecule has 0 aliphatic heterocycles. The SMILES string of the molecule is C=C(NC(=NCCN(C)C)ON)C(C)(c1ccc(-c2cnc(N)nc2)cc1)C(C)C. The average Bonchev–Trinajstić information content (AvgIpc) is 2.72. The van der Waals surface area contributed by atoms with Crippen molar-refractivity contribution in [2.45, 2.75) is 26.2 Å². The van der Waals surface area contributed by atoms with Crippen molar-refractivity contribution in [3.8, 4) is 11.1 Å². The molecule has 0 saturated carbocycles. The summed E-state index contributed by atoms with van der Waals surface area (Å²) < 4.78 is 0. The minimum absolute atomic E-state index is 0.254. The van der Waals surface area contributed by atoms with Crippen molar-refractivity contribution in [2.24, 2.45) is 16.8 Å². The molecule has 2 aromatic rings. The Bertz CT molecular complexity index is 860. The molecule has 5 N–H and O–H groups in total. The number of rotatable bonds is 8. The molecule has 0 aliphatic carbocycles. The molecule has 1 aromatic carbocycles. The van der Waals surface area contributed by atoms with Gasteiger partial charge < -0.3 is 20.8 Å². The highest BCUT2D eigenvalue weighted by Crippen LogP contribution is 2.38. The van der Waals surface area contributed by atoms with Crippen LogP contribution in [0.4, 0.5) is 5.95 Å². The van der Waals surface area contributed by atoms with E-state index in [9.17, 15) is 0 Å². The number of likely N-dealkylation sites (N-methyl/N-ethyl adjacent to an activating group) is 1. The van der Waals surface area contributed by atoms with Gasteiger partial charge in [-0.15, -0.1) is 0 Å². The lowest BCUT2D eigenvalue weighted by Gasteiger charge is -2.37. The number of aliphatic imine (C=N–C) groups is 1. The molecule has 8 nitrogen and oxygen atoms in total. The van der Waals surface area contributed by atoms with Crippen molar-refractivity contribution < 1.29 is 4.84 Å². The largest absolute Gasteiger partial charge is 0.373 e. The minimum atomic E-state index is -0.378. The van der Waals surface area contributed by atoms with Crippen LogP contribution in [0, 0.1) is 5.92 Å². The number of nitrogens with two attached hydrogens (primary N) is 2. The summed E-state index contributed by atoms with van der Waals surface area (Å²) in [5.41, 5.74) is 8.99. The molecular formula is C22H33N7O. The first kappa shape index (κ1) is 23.3. The number of nitrogen functional groups attached to an aromatic ring is 1. The zero-order valence-electron chi connectivity index (χ0n) is 18.5. The lowest BCUT2D eigenvalue weighted by Crippen LogP contribution is -2.41. The number of nitrogens with zero attached hydrogens (tertiary/aromatic N) is 4. The van der Waals surface area contributed by atoms with Gasteiger partial charge in [-0.3, -0.25) is 0 Å². The third kappa shape index (κ3) is 5.55. The van der Waals surface area contributed by atoms with Gasteiger partial charge in [0.1, 0.15) is 0 Å². The summed E-state index contributed by atoms with van der Waals surface area (Å²) in [5.74, 6) is 5.94. The number of nitrogens with one attached hydrogen (secondary N) is 1. The topological polar surface area (TPSA) is 115 Å². The van der Waals surface area contributed by atoms with Gasteiger partial charge in [-0.2, -0.15) is 5.90 Å². The zero-order chi connectivity index (χ0) is 22.3. The Morgan fingerprint density at radius 3 is 2.30 bits per heavy atom. The molecule has 0 aliphatic rings. The fourth-order valence-corrected chi connectivity index (χ4v) is 3.07. The van der Waals surface area contributed by atoms with Gasteiger partial charge in [0.05, 0.1) is 6.54 Å². The summed E-state index contributed by atoms with van der Waals surface area (Å²) in [4.78, 5) is 19.5. The van der Waals surface area contributed by atoms with E-state index in [-0.39, 0.29) is 23.3 Å². The highest BCUT2D eigenvalue weighted by atomic mass is 16.6. The molecule has 2 rings (SSSR count). The van der Waals surface area contributed by atoms with Crippen molar-refractivity contribution in [2.75, 3.05) is 32.9 Å². The average molecular weight is 412 g/mol.